The Kier molecular flexibility index (Phi) is 4.13. The first-order chi connectivity index (χ1) is 8.82. The lowest BCUT2D eigenvalue weighted by Gasteiger charge is -2.58. The second-order valence-electron chi connectivity index (χ2n) is 7.45. The third-order valence-corrected chi connectivity index (χ3v) is 5.72. The molecule has 0 aliphatic heterocycles. The van der Waals surface area contributed by atoms with Gasteiger partial charge in [-0.25, -0.2) is 0 Å². The Morgan fingerprint density at radius 3 is 2.32 bits per heavy atom. The van der Waals surface area contributed by atoms with Crippen LogP contribution in [0.3, 0.4) is 0 Å². The van der Waals surface area contributed by atoms with Gasteiger partial charge in [0.2, 0.25) is 0 Å². The van der Waals surface area contributed by atoms with Crippen LogP contribution in [-0.2, 0) is 9.47 Å². The quantitative estimate of drug-likeness (QED) is 0.697. The molecule has 0 aromatic carbocycles. The van der Waals surface area contributed by atoms with Crippen molar-refractivity contribution in [1.82, 2.24) is 0 Å². The molecule has 0 saturated heterocycles. The van der Waals surface area contributed by atoms with E-state index in [0.717, 1.165) is 12.3 Å². The first kappa shape index (κ1) is 15.1. The van der Waals surface area contributed by atoms with Gasteiger partial charge in [-0.2, -0.15) is 0 Å². The van der Waals surface area contributed by atoms with Gasteiger partial charge in [-0.05, 0) is 50.4 Å². The summed E-state index contributed by atoms with van der Waals surface area (Å²) in [6.45, 7) is 9.34. The van der Waals surface area contributed by atoms with E-state index in [2.05, 4.69) is 33.8 Å². The van der Waals surface area contributed by atoms with E-state index in [1.165, 1.54) is 24.8 Å². The van der Waals surface area contributed by atoms with Crippen molar-refractivity contribution in [2.45, 2.75) is 65.1 Å². The maximum absolute atomic E-state index is 5.96. The molecule has 2 heteroatoms. The van der Waals surface area contributed by atoms with Gasteiger partial charge in [-0.15, -0.1) is 0 Å². The number of fused-ring (bicyclic) bond motifs is 1. The molecule has 0 radical (unpaired) electrons. The maximum atomic E-state index is 5.96. The van der Waals surface area contributed by atoms with E-state index in [9.17, 15) is 0 Å². The van der Waals surface area contributed by atoms with Crippen molar-refractivity contribution < 1.29 is 9.47 Å². The van der Waals surface area contributed by atoms with Gasteiger partial charge in [0, 0.05) is 20.6 Å². The molecule has 0 aromatic rings. The summed E-state index contributed by atoms with van der Waals surface area (Å²) < 4.78 is 11.6. The van der Waals surface area contributed by atoms with Crippen LogP contribution in [0.25, 0.3) is 0 Å². The maximum Gasteiger partial charge on any atom is 0.0782 e. The Bertz CT molecular complexity index is 358. The molecule has 4 unspecified atom stereocenters. The Balaban J connectivity index is 2.27. The van der Waals surface area contributed by atoms with Gasteiger partial charge in [0.25, 0.3) is 0 Å². The van der Waals surface area contributed by atoms with Crippen LogP contribution in [0, 0.1) is 17.3 Å². The van der Waals surface area contributed by atoms with Crippen LogP contribution in [-0.4, -0.2) is 25.9 Å². The van der Waals surface area contributed by atoms with E-state index < -0.39 is 0 Å². The normalized spacial score (nSPS) is 44.9. The summed E-state index contributed by atoms with van der Waals surface area (Å²) in [5.41, 5.74) is 1.88. The molecule has 2 nitrogen and oxygen atoms in total. The average molecular weight is 266 g/mol. The van der Waals surface area contributed by atoms with E-state index in [1.54, 1.807) is 0 Å². The van der Waals surface area contributed by atoms with Crippen molar-refractivity contribution in [2.75, 3.05) is 14.2 Å². The van der Waals surface area contributed by atoms with E-state index in [1.807, 2.05) is 14.2 Å². The van der Waals surface area contributed by atoms with Crippen molar-refractivity contribution >= 4 is 0 Å². The van der Waals surface area contributed by atoms with Crippen molar-refractivity contribution in [3.8, 4) is 0 Å². The zero-order valence-electron chi connectivity index (χ0n) is 13.5. The molecule has 0 aromatic heterocycles. The number of rotatable bonds is 2. The number of hydrogen-bond acceptors (Lipinski definition) is 2. The van der Waals surface area contributed by atoms with Gasteiger partial charge < -0.3 is 9.47 Å². The van der Waals surface area contributed by atoms with E-state index in [0.29, 0.717) is 11.3 Å². The van der Waals surface area contributed by atoms with Gasteiger partial charge in [0.15, 0.2) is 0 Å². The van der Waals surface area contributed by atoms with E-state index >= 15 is 0 Å². The summed E-state index contributed by atoms with van der Waals surface area (Å²) in [6, 6.07) is 0. The van der Waals surface area contributed by atoms with Gasteiger partial charge in [0.1, 0.15) is 0 Å². The third kappa shape index (κ3) is 2.75. The summed E-state index contributed by atoms with van der Waals surface area (Å²) in [4.78, 5) is 0. The average Bonchev–Trinajstić information content (AvgIpc) is 2.38. The summed E-state index contributed by atoms with van der Waals surface area (Å²) in [6.07, 6.45) is 7.22. The van der Waals surface area contributed by atoms with E-state index in [-0.39, 0.29) is 11.7 Å². The molecule has 0 heterocycles. The Labute approximate surface area is 118 Å². The minimum atomic E-state index is -0.0536. The second kappa shape index (κ2) is 5.21. The van der Waals surface area contributed by atoms with E-state index in [4.69, 9.17) is 9.47 Å². The zero-order valence-corrected chi connectivity index (χ0v) is 13.5. The summed E-state index contributed by atoms with van der Waals surface area (Å²) in [7, 11) is 3.67. The highest BCUT2D eigenvalue weighted by Crippen LogP contribution is 2.58. The first-order valence-electron chi connectivity index (χ1n) is 7.57. The largest absolute Gasteiger partial charge is 0.378 e. The fraction of sp³-hybridized carbons (Fsp3) is 0.882. The number of ether oxygens (including phenoxy) is 2. The molecule has 1 fully saturated rings. The highest BCUT2D eigenvalue weighted by Gasteiger charge is 2.55. The van der Waals surface area contributed by atoms with Crippen LogP contribution in [0.4, 0.5) is 0 Å². The highest BCUT2D eigenvalue weighted by molar-refractivity contribution is 5.12. The topological polar surface area (TPSA) is 18.5 Å². The summed E-state index contributed by atoms with van der Waals surface area (Å²) in [5.74, 6) is 1.45. The fourth-order valence-corrected chi connectivity index (χ4v) is 4.26. The lowest BCUT2D eigenvalue weighted by molar-refractivity contribution is -0.167. The van der Waals surface area contributed by atoms with Crippen molar-refractivity contribution in [3.63, 3.8) is 0 Å². The number of methoxy groups -OCH3 is 2. The van der Waals surface area contributed by atoms with Gasteiger partial charge in [-0.3, -0.25) is 0 Å². The molecule has 1 saturated carbocycles. The molecule has 2 aliphatic carbocycles. The monoisotopic (exact) mass is 266 g/mol. The Hall–Kier alpha value is -0.340. The molecule has 2 rings (SSSR count). The van der Waals surface area contributed by atoms with Crippen LogP contribution in [0.5, 0.6) is 0 Å². The van der Waals surface area contributed by atoms with Crippen LogP contribution >= 0.6 is 0 Å². The van der Waals surface area contributed by atoms with Gasteiger partial charge in [-0.1, -0.05) is 25.5 Å². The van der Waals surface area contributed by atoms with Gasteiger partial charge >= 0.3 is 0 Å². The number of hydrogen-bond donors (Lipinski definition) is 0. The van der Waals surface area contributed by atoms with Crippen LogP contribution in [0.1, 0.15) is 53.4 Å². The summed E-state index contributed by atoms with van der Waals surface area (Å²) >= 11 is 0. The standard InChI is InChI=1S/C17H30O2/c1-12-7-8-14-15(11-16(14,2)3)17(4,19-6)10-13(9-12)18-5/h9,13-15H,7-8,10-11H2,1-6H3/b12-9-. The van der Waals surface area contributed by atoms with Crippen molar-refractivity contribution in [3.05, 3.63) is 11.6 Å². The molecular weight excluding hydrogens is 236 g/mol. The molecule has 110 valence electrons. The minimum absolute atomic E-state index is 0.0536. The molecule has 0 amide bonds. The highest BCUT2D eigenvalue weighted by atomic mass is 16.5. The SMILES string of the molecule is COC1/C=C(/C)CCC2C(CC2(C)C)C(C)(OC)C1. The second-order valence-corrected chi connectivity index (χ2v) is 7.45. The fourth-order valence-electron chi connectivity index (χ4n) is 4.26. The molecule has 0 N–H and O–H groups in total. The molecule has 0 spiro atoms. The summed E-state index contributed by atoms with van der Waals surface area (Å²) in [5, 5.41) is 0. The van der Waals surface area contributed by atoms with Crippen LogP contribution in [0.15, 0.2) is 11.6 Å². The predicted octanol–water partition coefficient (Wildman–Crippen LogP) is 4.20. The zero-order chi connectivity index (χ0) is 14.3. The minimum Gasteiger partial charge on any atom is -0.378 e. The molecule has 4 atom stereocenters. The lowest BCUT2D eigenvalue weighted by atomic mass is 9.49. The molecule has 19 heavy (non-hydrogen) atoms. The smallest absolute Gasteiger partial charge is 0.0782 e. The van der Waals surface area contributed by atoms with Gasteiger partial charge in [0.05, 0.1) is 11.7 Å². The molecule has 0 bridgehead atoms. The molecule has 2 aliphatic rings. The Morgan fingerprint density at radius 2 is 1.79 bits per heavy atom. The van der Waals surface area contributed by atoms with Crippen LogP contribution in [0.2, 0.25) is 0 Å². The van der Waals surface area contributed by atoms with Crippen molar-refractivity contribution in [2.24, 2.45) is 17.3 Å². The van der Waals surface area contributed by atoms with Crippen LogP contribution < -0.4 is 0 Å². The molecular formula is C17H30O2. The predicted molar refractivity (Wildman–Crippen MR) is 79.2 cm³/mol. The lowest BCUT2D eigenvalue weighted by Crippen LogP contribution is -2.56. The first-order valence-corrected chi connectivity index (χ1v) is 7.57. The number of allylic oxidation sites excluding steroid dienone is 1. The van der Waals surface area contributed by atoms with Crippen molar-refractivity contribution in [1.29, 1.82) is 0 Å². The third-order valence-electron chi connectivity index (χ3n) is 5.72. The Morgan fingerprint density at radius 1 is 1.11 bits per heavy atom.